The molecular formula is C13H9N3S2. The van der Waals surface area contributed by atoms with Gasteiger partial charge in [-0.05, 0) is 36.5 Å². The second-order valence-corrected chi connectivity index (χ2v) is 5.38. The van der Waals surface area contributed by atoms with Crippen molar-refractivity contribution in [2.24, 2.45) is 0 Å². The summed E-state index contributed by atoms with van der Waals surface area (Å²) in [7, 11) is 0. The minimum absolute atomic E-state index is 0.676. The van der Waals surface area contributed by atoms with Crippen molar-refractivity contribution < 1.29 is 0 Å². The third-order valence-corrected chi connectivity index (χ3v) is 3.75. The van der Waals surface area contributed by atoms with E-state index < -0.39 is 0 Å². The topological polar surface area (TPSA) is 30.7 Å². The standard InChI is InChI=1S/C13H9N3S2/c17-13(18-10-6-2-1-3-7-10)16-12-9-5-4-8-11(12)14-15-16/h1-9H. The Balaban J connectivity index is 1.93. The molecule has 0 spiro atoms. The zero-order valence-electron chi connectivity index (χ0n) is 9.35. The summed E-state index contributed by atoms with van der Waals surface area (Å²) < 4.78 is 2.37. The van der Waals surface area contributed by atoms with Crippen molar-refractivity contribution in [3.8, 4) is 0 Å². The van der Waals surface area contributed by atoms with Crippen LogP contribution in [0.4, 0.5) is 0 Å². The number of nitrogens with zero attached hydrogens (tertiary/aromatic N) is 3. The molecule has 0 amide bonds. The first-order chi connectivity index (χ1) is 8.84. The van der Waals surface area contributed by atoms with Crippen LogP contribution in [0.1, 0.15) is 0 Å². The number of thiocarbonyl (C=S) groups is 1. The largest absolute Gasteiger partial charge is 0.195 e. The molecule has 5 heteroatoms. The third-order valence-electron chi connectivity index (χ3n) is 2.47. The van der Waals surface area contributed by atoms with Gasteiger partial charge in [0, 0.05) is 4.90 Å². The second-order valence-electron chi connectivity index (χ2n) is 3.67. The van der Waals surface area contributed by atoms with E-state index in [1.165, 1.54) is 11.8 Å². The van der Waals surface area contributed by atoms with Gasteiger partial charge < -0.3 is 0 Å². The summed E-state index contributed by atoms with van der Waals surface area (Å²) >= 11 is 6.92. The molecule has 0 bridgehead atoms. The van der Waals surface area contributed by atoms with E-state index in [-0.39, 0.29) is 0 Å². The van der Waals surface area contributed by atoms with E-state index in [9.17, 15) is 0 Å². The molecule has 1 aromatic heterocycles. The maximum Gasteiger partial charge on any atom is 0.168 e. The fourth-order valence-electron chi connectivity index (χ4n) is 1.64. The van der Waals surface area contributed by atoms with E-state index >= 15 is 0 Å². The molecule has 0 N–H and O–H groups in total. The number of aromatic nitrogens is 3. The summed E-state index contributed by atoms with van der Waals surface area (Å²) in [6, 6.07) is 17.8. The van der Waals surface area contributed by atoms with E-state index in [0.717, 1.165) is 15.9 Å². The number of para-hydroxylation sites is 1. The first kappa shape index (κ1) is 11.4. The lowest BCUT2D eigenvalue weighted by atomic mass is 10.3. The monoisotopic (exact) mass is 271 g/mol. The fourth-order valence-corrected chi connectivity index (χ4v) is 2.78. The molecule has 0 saturated carbocycles. The molecule has 3 aromatic rings. The Morgan fingerprint density at radius 1 is 1.00 bits per heavy atom. The number of thioether (sulfide) groups is 1. The van der Waals surface area contributed by atoms with Gasteiger partial charge in [-0.2, -0.15) is 4.68 Å². The van der Waals surface area contributed by atoms with E-state index in [2.05, 4.69) is 10.3 Å². The van der Waals surface area contributed by atoms with Crippen molar-refractivity contribution in [2.75, 3.05) is 0 Å². The highest BCUT2D eigenvalue weighted by Gasteiger charge is 2.09. The summed E-state index contributed by atoms with van der Waals surface area (Å²) in [4.78, 5) is 1.10. The predicted octanol–water partition coefficient (Wildman–Crippen LogP) is 3.36. The highest BCUT2D eigenvalue weighted by Crippen LogP contribution is 2.22. The first-order valence-corrected chi connectivity index (χ1v) is 6.65. The predicted molar refractivity (Wildman–Crippen MR) is 77.8 cm³/mol. The minimum Gasteiger partial charge on any atom is -0.195 e. The van der Waals surface area contributed by atoms with Crippen molar-refractivity contribution in [3.63, 3.8) is 0 Å². The SMILES string of the molecule is S=C(Sc1ccccc1)n1nnc2ccccc21. The maximum absolute atomic E-state index is 5.41. The lowest BCUT2D eigenvalue weighted by Gasteiger charge is -2.03. The molecule has 0 unspecified atom stereocenters. The number of rotatable bonds is 1. The summed E-state index contributed by atoms with van der Waals surface area (Å²) in [5.74, 6) is 0. The molecule has 3 nitrogen and oxygen atoms in total. The zero-order chi connectivity index (χ0) is 12.4. The Bertz CT molecular complexity index is 692. The molecule has 0 radical (unpaired) electrons. The first-order valence-electron chi connectivity index (χ1n) is 5.42. The van der Waals surface area contributed by atoms with E-state index in [1.54, 1.807) is 4.68 Å². The van der Waals surface area contributed by atoms with Gasteiger partial charge >= 0.3 is 0 Å². The molecule has 0 saturated heterocycles. The van der Waals surface area contributed by atoms with Crippen molar-refractivity contribution in [1.29, 1.82) is 0 Å². The summed E-state index contributed by atoms with van der Waals surface area (Å²) in [5, 5.41) is 8.19. The van der Waals surface area contributed by atoms with Gasteiger partial charge in [0.15, 0.2) is 4.32 Å². The minimum atomic E-state index is 0.676. The van der Waals surface area contributed by atoms with Crippen LogP contribution in [0.3, 0.4) is 0 Å². The van der Waals surface area contributed by atoms with Gasteiger partial charge in [0.25, 0.3) is 0 Å². The van der Waals surface area contributed by atoms with Gasteiger partial charge in [-0.1, -0.05) is 47.3 Å². The third kappa shape index (κ3) is 2.14. The van der Waals surface area contributed by atoms with Crippen LogP contribution >= 0.6 is 24.0 Å². The Kier molecular flexibility index (Phi) is 3.08. The normalized spacial score (nSPS) is 10.7. The van der Waals surface area contributed by atoms with Gasteiger partial charge in [0.05, 0.1) is 5.52 Å². The Morgan fingerprint density at radius 2 is 1.72 bits per heavy atom. The molecule has 0 aliphatic rings. The highest BCUT2D eigenvalue weighted by atomic mass is 32.2. The van der Waals surface area contributed by atoms with Crippen molar-refractivity contribution in [1.82, 2.24) is 15.0 Å². The lowest BCUT2D eigenvalue weighted by molar-refractivity contribution is 0.880. The van der Waals surface area contributed by atoms with Gasteiger partial charge in [-0.3, -0.25) is 0 Å². The number of hydrogen-bond donors (Lipinski definition) is 0. The van der Waals surface area contributed by atoms with Crippen LogP contribution in [0, 0.1) is 0 Å². The van der Waals surface area contributed by atoms with Crippen LogP contribution in [0.25, 0.3) is 11.0 Å². The summed E-state index contributed by atoms with van der Waals surface area (Å²) in [6.45, 7) is 0. The van der Waals surface area contributed by atoms with Gasteiger partial charge in [-0.15, -0.1) is 5.10 Å². The zero-order valence-corrected chi connectivity index (χ0v) is 11.0. The lowest BCUT2D eigenvalue weighted by Crippen LogP contribution is -2.06. The molecule has 2 aromatic carbocycles. The Morgan fingerprint density at radius 3 is 2.56 bits per heavy atom. The average Bonchev–Trinajstić information content (AvgIpc) is 2.84. The van der Waals surface area contributed by atoms with Crippen LogP contribution in [0.5, 0.6) is 0 Å². The molecule has 3 rings (SSSR count). The average molecular weight is 271 g/mol. The van der Waals surface area contributed by atoms with Crippen LogP contribution < -0.4 is 0 Å². The van der Waals surface area contributed by atoms with Crippen molar-refractivity contribution in [3.05, 3.63) is 54.6 Å². The van der Waals surface area contributed by atoms with Gasteiger partial charge in [0.1, 0.15) is 5.52 Å². The second kappa shape index (κ2) is 4.88. The molecular weight excluding hydrogens is 262 g/mol. The quantitative estimate of drug-likeness (QED) is 0.501. The molecule has 0 aliphatic carbocycles. The Labute approximate surface area is 114 Å². The smallest absolute Gasteiger partial charge is 0.168 e. The van der Waals surface area contributed by atoms with Crippen LogP contribution in [-0.4, -0.2) is 19.3 Å². The molecule has 18 heavy (non-hydrogen) atoms. The maximum atomic E-state index is 5.41. The number of hydrogen-bond acceptors (Lipinski definition) is 4. The van der Waals surface area contributed by atoms with E-state index in [1.807, 2.05) is 54.6 Å². The van der Waals surface area contributed by atoms with Crippen LogP contribution in [0.2, 0.25) is 0 Å². The van der Waals surface area contributed by atoms with Crippen LogP contribution in [-0.2, 0) is 0 Å². The van der Waals surface area contributed by atoms with Crippen molar-refractivity contribution >= 4 is 39.3 Å². The van der Waals surface area contributed by atoms with Crippen molar-refractivity contribution in [2.45, 2.75) is 4.90 Å². The summed E-state index contributed by atoms with van der Waals surface area (Å²) in [6.07, 6.45) is 0. The fraction of sp³-hybridized carbons (Fsp3) is 0. The van der Waals surface area contributed by atoms with Gasteiger partial charge in [-0.25, -0.2) is 0 Å². The molecule has 1 heterocycles. The molecule has 0 fully saturated rings. The van der Waals surface area contributed by atoms with E-state index in [4.69, 9.17) is 12.2 Å². The number of benzene rings is 2. The molecule has 88 valence electrons. The van der Waals surface area contributed by atoms with E-state index in [0.29, 0.717) is 4.32 Å². The molecule has 0 atom stereocenters. The Hall–Kier alpha value is -1.72. The number of fused-ring (bicyclic) bond motifs is 1. The summed E-state index contributed by atoms with van der Waals surface area (Å²) in [5.41, 5.74) is 1.79. The van der Waals surface area contributed by atoms with Crippen LogP contribution in [0.15, 0.2) is 59.5 Å². The molecule has 0 aliphatic heterocycles. The highest BCUT2D eigenvalue weighted by molar-refractivity contribution is 8.23. The van der Waals surface area contributed by atoms with Gasteiger partial charge in [0.2, 0.25) is 0 Å².